The number of hydrogen-bond donors (Lipinski definition) is 1. The number of ether oxygens (including phenoxy) is 1. The Bertz CT molecular complexity index is 1090. The van der Waals surface area contributed by atoms with E-state index in [1.165, 1.54) is 23.7 Å². The first-order chi connectivity index (χ1) is 13.7. The molecule has 1 aromatic carbocycles. The number of benzene rings is 1. The van der Waals surface area contributed by atoms with E-state index in [0.717, 1.165) is 4.88 Å². The minimum atomic E-state index is -0.633. The van der Waals surface area contributed by atoms with Crippen LogP contribution in [0.25, 0.3) is 10.7 Å². The zero-order chi connectivity index (χ0) is 19.3. The van der Waals surface area contributed by atoms with Gasteiger partial charge < -0.3 is 19.0 Å². The molecule has 3 heterocycles. The van der Waals surface area contributed by atoms with Crippen molar-refractivity contribution in [2.75, 3.05) is 5.32 Å². The second kappa shape index (κ2) is 7.89. The van der Waals surface area contributed by atoms with Gasteiger partial charge in [-0.2, -0.15) is 4.98 Å². The summed E-state index contributed by atoms with van der Waals surface area (Å²) in [6.07, 6.45) is 1.39. The van der Waals surface area contributed by atoms with Gasteiger partial charge in [-0.1, -0.05) is 23.4 Å². The number of rotatable bonds is 6. The van der Waals surface area contributed by atoms with Crippen LogP contribution >= 0.6 is 11.3 Å². The van der Waals surface area contributed by atoms with Crippen LogP contribution in [0.4, 0.5) is 5.69 Å². The number of carbonyl (C=O) groups excluding carboxylic acids is 2. The molecule has 4 aromatic rings. The van der Waals surface area contributed by atoms with Crippen molar-refractivity contribution in [3.05, 3.63) is 77.4 Å². The zero-order valence-corrected chi connectivity index (χ0v) is 15.1. The van der Waals surface area contributed by atoms with E-state index >= 15 is 0 Å². The molecule has 9 heteroatoms. The molecule has 140 valence electrons. The fraction of sp³-hybridized carbons (Fsp3) is 0.0526. The largest absolute Gasteiger partial charge is 0.459 e. The lowest BCUT2D eigenvalue weighted by atomic mass is 10.1. The summed E-state index contributed by atoms with van der Waals surface area (Å²) in [5, 5.41) is 8.39. The molecule has 0 unspecified atom stereocenters. The minimum Gasteiger partial charge on any atom is -0.459 e. The van der Waals surface area contributed by atoms with E-state index in [0.29, 0.717) is 11.5 Å². The minimum absolute atomic E-state index is 0.134. The van der Waals surface area contributed by atoms with Gasteiger partial charge in [0.25, 0.3) is 11.8 Å². The number of nitrogens with one attached hydrogen (secondary N) is 1. The molecule has 1 amide bonds. The van der Waals surface area contributed by atoms with Crippen LogP contribution in [-0.4, -0.2) is 22.0 Å². The lowest BCUT2D eigenvalue weighted by Gasteiger charge is -2.09. The lowest BCUT2D eigenvalue weighted by molar-refractivity contribution is 0.0431. The number of amides is 1. The fourth-order valence-corrected chi connectivity index (χ4v) is 3.04. The van der Waals surface area contributed by atoms with Crippen LogP contribution in [0.5, 0.6) is 0 Å². The Hall–Kier alpha value is -3.72. The molecular formula is C19H13N3O5S. The quantitative estimate of drug-likeness (QED) is 0.492. The van der Waals surface area contributed by atoms with Crippen molar-refractivity contribution in [2.24, 2.45) is 0 Å². The summed E-state index contributed by atoms with van der Waals surface area (Å²) < 4.78 is 15.4. The number of furan rings is 1. The van der Waals surface area contributed by atoms with Gasteiger partial charge in [-0.05, 0) is 35.7 Å². The number of nitrogens with zero attached hydrogens (tertiary/aromatic N) is 2. The third-order valence-electron chi connectivity index (χ3n) is 3.68. The van der Waals surface area contributed by atoms with Gasteiger partial charge in [0, 0.05) is 0 Å². The van der Waals surface area contributed by atoms with Crippen molar-refractivity contribution in [1.29, 1.82) is 0 Å². The molecule has 0 spiro atoms. The van der Waals surface area contributed by atoms with E-state index in [1.54, 1.807) is 30.3 Å². The highest BCUT2D eigenvalue weighted by Gasteiger charge is 2.18. The molecular weight excluding hydrogens is 382 g/mol. The SMILES string of the molecule is O=C(Nc1ccccc1C(=O)OCc1nc(-c2cccs2)no1)c1ccco1. The van der Waals surface area contributed by atoms with Gasteiger partial charge in [-0.15, -0.1) is 11.3 Å². The molecule has 0 radical (unpaired) electrons. The Labute approximate surface area is 162 Å². The van der Waals surface area contributed by atoms with Crippen molar-refractivity contribution in [3.63, 3.8) is 0 Å². The Balaban J connectivity index is 1.43. The van der Waals surface area contributed by atoms with Gasteiger partial charge in [0.1, 0.15) is 0 Å². The summed E-state index contributed by atoms with van der Waals surface area (Å²) in [4.78, 5) is 29.7. The summed E-state index contributed by atoms with van der Waals surface area (Å²) in [6.45, 7) is -0.183. The lowest BCUT2D eigenvalue weighted by Crippen LogP contribution is -2.15. The fourth-order valence-electron chi connectivity index (χ4n) is 2.39. The predicted octanol–water partition coefficient (Wildman–Crippen LogP) is 4.00. The van der Waals surface area contributed by atoms with Crippen LogP contribution in [0, 0.1) is 0 Å². The summed E-state index contributed by atoms with van der Waals surface area (Å²) in [7, 11) is 0. The van der Waals surface area contributed by atoms with Crippen molar-refractivity contribution in [1.82, 2.24) is 10.1 Å². The van der Waals surface area contributed by atoms with Crippen molar-refractivity contribution >= 4 is 28.9 Å². The van der Waals surface area contributed by atoms with Crippen LogP contribution in [0.15, 0.2) is 69.1 Å². The van der Waals surface area contributed by atoms with Crippen LogP contribution in [-0.2, 0) is 11.3 Å². The molecule has 0 fully saturated rings. The molecule has 8 nitrogen and oxygen atoms in total. The molecule has 3 aromatic heterocycles. The molecule has 28 heavy (non-hydrogen) atoms. The average molecular weight is 395 g/mol. The third kappa shape index (κ3) is 3.84. The zero-order valence-electron chi connectivity index (χ0n) is 14.3. The van der Waals surface area contributed by atoms with E-state index in [9.17, 15) is 9.59 Å². The topological polar surface area (TPSA) is 107 Å². The number of thiophene rings is 1. The first-order valence-electron chi connectivity index (χ1n) is 8.18. The number of carbonyl (C=O) groups is 2. The summed E-state index contributed by atoms with van der Waals surface area (Å²) in [5.41, 5.74) is 0.499. The van der Waals surface area contributed by atoms with Crippen LogP contribution in [0.1, 0.15) is 26.8 Å². The number of para-hydroxylation sites is 1. The summed E-state index contributed by atoms with van der Waals surface area (Å²) in [6, 6.07) is 13.4. The number of hydrogen-bond acceptors (Lipinski definition) is 8. The molecule has 0 aliphatic heterocycles. The molecule has 1 N–H and O–H groups in total. The highest BCUT2D eigenvalue weighted by Crippen LogP contribution is 2.22. The maximum atomic E-state index is 12.5. The standard InChI is InChI=1S/C19H13N3O5S/c23-18(14-7-3-9-25-14)20-13-6-2-1-5-12(13)19(24)26-11-16-21-17(22-27-16)15-8-4-10-28-15/h1-10H,11H2,(H,20,23). The molecule has 0 saturated carbocycles. The van der Waals surface area contributed by atoms with Crippen LogP contribution in [0.2, 0.25) is 0 Å². The first-order valence-corrected chi connectivity index (χ1v) is 9.06. The predicted molar refractivity (Wildman–Crippen MR) is 99.8 cm³/mol. The number of aromatic nitrogens is 2. The summed E-state index contributed by atoms with van der Waals surface area (Å²) in [5.74, 6) is -0.356. The molecule has 0 bridgehead atoms. The summed E-state index contributed by atoms with van der Waals surface area (Å²) >= 11 is 1.48. The smallest absolute Gasteiger partial charge is 0.340 e. The van der Waals surface area contributed by atoms with Gasteiger partial charge in [-0.25, -0.2) is 4.79 Å². The van der Waals surface area contributed by atoms with Gasteiger partial charge in [0.15, 0.2) is 12.4 Å². The highest BCUT2D eigenvalue weighted by atomic mass is 32.1. The van der Waals surface area contributed by atoms with Gasteiger partial charge in [0.05, 0.1) is 22.4 Å². The van der Waals surface area contributed by atoms with Crippen molar-refractivity contribution < 1.29 is 23.3 Å². The molecule has 0 saturated heterocycles. The van der Waals surface area contributed by atoms with E-state index in [2.05, 4.69) is 15.5 Å². The van der Waals surface area contributed by atoms with Gasteiger partial charge >= 0.3 is 5.97 Å². The monoisotopic (exact) mass is 395 g/mol. The first kappa shape index (κ1) is 17.7. The van der Waals surface area contributed by atoms with Gasteiger partial charge in [-0.3, -0.25) is 4.79 Å². The normalized spacial score (nSPS) is 10.6. The third-order valence-corrected chi connectivity index (χ3v) is 4.54. The molecule has 0 aliphatic rings. The van der Waals surface area contributed by atoms with Crippen LogP contribution < -0.4 is 5.32 Å². The van der Waals surface area contributed by atoms with Gasteiger partial charge in [0.2, 0.25) is 5.82 Å². The van der Waals surface area contributed by atoms with E-state index in [1.807, 2.05) is 17.5 Å². The van der Waals surface area contributed by atoms with E-state index in [4.69, 9.17) is 13.7 Å². The molecule has 4 rings (SSSR count). The number of anilines is 1. The van der Waals surface area contributed by atoms with Crippen molar-refractivity contribution in [2.45, 2.75) is 6.61 Å². The number of esters is 1. The van der Waals surface area contributed by atoms with E-state index in [-0.39, 0.29) is 23.8 Å². The second-order valence-electron chi connectivity index (χ2n) is 5.54. The maximum absolute atomic E-state index is 12.5. The van der Waals surface area contributed by atoms with Crippen LogP contribution in [0.3, 0.4) is 0 Å². The Morgan fingerprint density at radius 2 is 2.00 bits per heavy atom. The Morgan fingerprint density at radius 3 is 2.79 bits per heavy atom. The van der Waals surface area contributed by atoms with Crippen molar-refractivity contribution in [3.8, 4) is 10.7 Å². The Morgan fingerprint density at radius 1 is 1.11 bits per heavy atom. The molecule has 0 aliphatic carbocycles. The highest BCUT2D eigenvalue weighted by molar-refractivity contribution is 7.13. The second-order valence-corrected chi connectivity index (χ2v) is 6.49. The van der Waals surface area contributed by atoms with E-state index < -0.39 is 11.9 Å². The maximum Gasteiger partial charge on any atom is 0.340 e. The average Bonchev–Trinajstić information content (AvgIpc) is 3.48. The Kier molecular flexibility index (Phi) is 4.98. The molecule has 0 atom stereocenters.